The zero-order chi connectivity index (χ0) is 19.6. The van der Waals surface area contributed by atoms with E-state index in [4.69, 9.17) is 36.1 Å². The third kappa shape index (κ3) is 7.38. The second-order valence-electron chi connectivity index (χ2n) is 5.90. The maximum Gasteiger partial charge on any atom is 0.414 e. The molecule has 1 aromatic carbocycles. The Hall–Kier alpha value is -2.42. The smallest absolute Gasteiger partial charge is 0.414 e. The number of aliphatic carboxylic acids is 2. The lowest BCUT2D eigenvalue weighted by molar-refractivity contribution is -0.159. The topological polar surface area (TPSA) is 105 Å². The molecule has 0 radical (unpaired) electrons. The molecule has 1 saturated heterocycles. The van der Waals surface area contributed by atoms with Gasteiger partial charge in [0.2, 0.25) is 0 Å². The van der Waals surface area contributed by atoms with E-state index in [0.29, 0.717) is 0 Å². The van der Waals surface area contributed by atoms with Gasteiger partial charge in [0, 0.05) is 24.3 Å². The number of ether oxygens (including phenoxy) is 1. The van der Waals surface area contributed by atoms with Crippen molar-refractivity contribution >= 4 is 23.5 Å². The van der Waals surface area contributed by atoms with E-state index in [1.165, 1.54) is 0 Å². The molecule has 0 spiro atoms. The fourth-order valence-corrected chi connectivity index (χ4v) is 2.75. The highest BCUT2D eigenvalue weighted by Crippen LogP contribution is 2.14. The fraction of sp³-hybridized carbons (Fsp3) is 0.389. The summed E-state index contributed by atoms with van der Waals surface area (Å²) < 4.78 is 7.24. The molecule has 1 fully saturated rings. The number of morpholine rings is 1. The molecule has 8 nitrogen and oxygen atoms in total. The van der Waals surface area contributed by atoms with E-state index < -0.39 is 11.9 Å². The summed E-state index contributed by atoms with van der Waals surface area (Å²) in [5.74, 6) is -3.65. The number of hydrogen-bond donors (Lipinski definition) is 2. The van der Waals surface area contributed by atoms with Crippen molar-refractivity contribution < 1.29 is 24.5 Å². The minimum atomic E-state index is -1.82. The first-order valence-electron chi connectivity index (χ1n) is 8.52. The SMILES string of the molecule is Clc1cccc(-n2ccc(CCCN3CCOCC3)n2)c1.O=C(O)C(=O)O. The van der Waals surface area contributed by atoms with Crippen LogP contribution < -0.4 is 0 Å². The van der Waals surface area contributed by atoms with Gasteiger partial charge in [0.05, 0.1) is 24.6 Å². The highest BCUT2D eigenvalue weighted by molar-refractivity contribution is 6.30. The second-order valence-corrected chi connectivity index (χ2v) is 6.34. The van der Waals surface area contributed by atoms with Gasteiger partial charge in [0.15, 0.2) is 0 Å². The molecule has 3 rings (SSSR count). The predicted octanol–water partition coefficient (Wildman–Crippen LogP) is 1.95. The van der Waals surface area contributed by atoms with E-state index in [-0.39, 0.29) is 0 Å². The van der Waals surface area contributed by atoms with Crippen LogP contribution in [0.4, 0.5) is 0 Å². The standard InChI is InChI=1S/C16H20ClN3O.C2H2O4/c17-14-3-1-5-16(13-14)20-8-6-15(18-20)4-2-7-19-9-11-21-12-10-19;3-1(4)2(5)6/h1,3,5-6,8,13H,2,4,7,9-12H2;(H,3,4)(H,5,6). The number of carbonyl (C=O) groups is 2. The summed E-state index contributed by atoms with van der Waals surface area (Å²) in [6.07, 6.45) is 4.13. The quantitative estimate of drug-likeness (QED) is 0.745. The van der Waals surface area contributed by atoms with Crippen LogP contribution in [-0.4, -0.2) is 69.7 Å². The first kappa shape index (κ1) is 20.9. The van der Waals surface area contributed by atoms with Gasteiger partial charge in [-0.1, -0.05) is 17.7 Å². The molecule has 2 N–H and O–H groups in total. The van der Waals surface area contributed by atoms with E-state index in [0.717, 1.165) is 62.1 Å². The third-order valence-corrected chi connectivity index (χ3v) is 4.15. The molecule has 2 heterocycles. The second kappa shape index (κ2) is 10.7. The van der Waals surface area contributed by atoms with Gasteiger partial charge in [-0.15, -0.1) is 0 Å². The molecule has 2 aromatic rings. The van der Waals surface area contributed by atoms with E-state index in [9.17, 15) is 0 Å². The molecule has 0 amide bonds. The normalized spacial score (nSPS) is 14.3. The monoisotopic (exact) mass is 395 g/mol. The fourth-order valence-electron chi connectivity index (χ4n) is 2.57. The van der Waals surface area contributed by atoms with Gasteiger partial charge in [-0.25, -0.2) is 14.3 Å². The average molecular weight is 396 g/mol. The van der Waals surface area contributed by atoms with Crippen molar-refractivity contribution in [3.63, 3.8) is 0 Å². The Morgan fingerprint density at radius 2 is 1.85 bits per heavy atom. The average Bonchev–Trinajstić information content (AvgIpc) is 3.12. The molecular formula is C18H22ClN3O5. The summed E-state index contributed by atoms with van der Waals surface area (Å²) in [4.78, 5) is 20.7. The Bertz CT molecular complexity index is 747. The summed E-state index contributed by atoms with van der Waals surface area (Å²) >= 11 is 6.01. The lowest BCUT2D eigenvalue weighted by Gasteiger charge is -2.26. The van der Waals surface area contributed by atoms with Gasteiger partial charge in [-0.2, -0.15) is 5.10 Å². The van der Waals surface area contributed by atoms with E-state index >= 15 is 0 Å². The van der Waals surface area contributed by atoms with Gasteiger partial charge in [-0.3, -0.25) is 4.90 Å². The summed E-state index contributed by atoms with van der Waals surface area (Å²) in [6.45, 7) is 4.95. The number of rotatable bonds is 5. The summed E-state index contributed by atoms with van der Waals surface area (Å²) in [5.41, 5.74) is 2.13. The summed E-state index contributed by atoms with van der Waals surface area (Å²) in [7, 11) is 0. The maximum atomic E-state index is 9.10. The highest BCUT2D eigenvalue weighted by atomic mass is 35.5. The van der Waals surface area contributed by atoms with Gasteiger partial charge in [0.25, 0.3) is 0 Å². The molecule has 0 atom stereocenters. The number of aromatic nitrogens is 2. The van der Waals surface area contributed by atoms with Crippen molar-refractivity contribution in [3.8, 4) is 5.69 Å². The van der Waals surface area contributed by atoms with Crippen LogP contribution in [0.1, 0.15) is 12.1 Å². The van der Waals surface area contributed by atoms with Crippen molar-refractivity contribution in [2.24, 2.45) is 0 Å². The Kier molecular flexibility index (Phi) is 8.25. The van der Waals surface area contributed by atoms with E-state index in [2.05, 4.69) is 16.1 Å². The number of halogens is 1. The van der Waals surface area contributed by atoms with Gasteiger partial charge < -0.3 is 14.9 Å². The lowest BCUT2D eigenvalue weighted by Crippen LogP contribution is -2.36. The maximum absolute atomic E-state index is 9.10. The summed E-state index contributed by atoms with van der Waals surface area (Å²) in [6, 6.07) is 9.83. The van der Waals surface area contributed by atoms with Crippen molar-refractivity contribution in [2.45, 2.75) is 12.8 Å². The Balaban J connectivity index is 0.000000380. The van der Waals surface area contributed by atoms with Crippen molar-refractivity contribution in [1.82, 2.24) is 14.7 Å². The number of hydrogen-bond acceptors (Lipinski definition) is 5. The first-order chi connectivity index (χ1) is 13.0. The van der Waals surface area contributed by atoms with Crippen LogP contribution >= 0.6 is 11.6 Å². The van der Waals surface area contributed by atoms with E-state index in [1.807, 2.05) is 35.1 Å². The Morgan fingerprint density at radius 1 is 1.15 bits per heavy atom. The molecule has 1 aliphatic rings. The van der Waals surface area contributed by atoms with E-state index in [1.54, 1.807) is 0 Å². The van der Waals surface area contributed by atoms with Crippen LogP contribution in [0.15, 0.2) is 36.5 Å². The van der Waals surface area contributed by atoms with Crippen molar-refractivity contribution in [2.75, 3.05) is 32.8 Å². The largest absolute Gasteiger partial charge is 0.473 e. The molecule has 0 unspecified atom stereocenters. The number of benzene rings is 1. The minimum Gasteiger partial charge on any atom is -0.473 e. The van der Waals surface area contributed by atoms with Crippen molar-refractivity contribution in [3.05, 3.63) is 47.2 Å². The molecule has 9 heteroatoms. The third-order valence-electron chi connectivity index (χ3n) is 3.91. The van der Waals surface area contributed by atoms with Crippen LogP contribution in [0.5, 0.6) is 0 Å². The molecule has 0 bridgehead atoms. The van der Waals surface area contributed by atoms with Gasteiger partial charge >= 0.3 is 11.9 Å². The Morgan fingerprint density at radius 3 is 2.48 bits per heavy atom. The highest BCUT2D eigenvalue weighted by Gasteiger charge is 2.10. The number of nitrogens with zero attached hydrogens (tertiary/aromatic N) is 3. The zero-order valence-corrected chi connectivity index (χ0v) is 15.5. The predicted molar refractivity (Wildman–Crippen MR) is 99.4 cm³/mol. The molecule has 0 aliphatic carbocycles. The van der Waals surface area contributed by atoms with Gasteiger partial charge in [0.1, 0.15) is 0 Å². The van der Waals surface area contributed by atoms with Crippen LogP contribution in [-0.2, 0) is 20.7 Å². The number of carboxylic acid groups (broad SMARTS) is 2. The molecule has 1 aromatic heterocycles. The van der Waals surface area contributed by atoms with Crippen LogP contribution in [0.2, 0.25) is 5.02 Å². The summed E-state index contributed by atoms with van der Waals surface area (Å²) in [5, 5.41) is 20.1. The van der Waals surface area contributed by atoms with Gasteiger partial charge in [-0.05, 0) is 43.7 Å². The number of aryl methyl sites for hydroxylation is 1. The Labute approximate surface area is 161 Å². The van der Waals surface area contributed by atoms with Crippen molar-refractivity contribution in [1.29, 1.82) is 0 Å². The first-order valence-corrected chi connectivity index (χ1v) is 8.90. The molecular weight excluding hydrogens is 374 g/mol. The van der Waals surface area contributed by atoms with Crippen LogP contribution in [0, 0.1) is 0 Å². The molecule has 1 aliphatic heterocycles. The van der Waals surface area contributed by atoms with Crippen LogP contribution in [0.3, 0.4) is 0 Å². The minimum absolute atomic E-state index is 0.733. The lowest BCUT2D eigenvalue weighted by atomic mass is 10.2. The van der Waals surface area contributed by atoms with Crippen LogP contribution in [0.25, 0.3) is 5.69 Å². The molecule has 146 valence electrons. The molecule has 0 saturated carbocycles. The zero-order valence-electron chi connectivity index (χ0n) is 14.8. The number of carboxylic acids is 2. The molecule has 27 heavy (non-hydrogen) atoms.